The highest BCUT2D eigenvalue weighted by Gasteiger charge is 2.51. The number of carbonyl (C=O) groups excluding carboxylic acids is 1. The SMILES string of the molecule is NC(=O)C12CCC(NCc3ccc4c(C(F)(F)F)c(O)ccc4n3)(CC1)CC2. The van der Waals surface area contributed by atoms with Crippen molar-refractivity contribution >= 4 is 16.8 Å². The summed E-state index contributed by atoms with van der Waals surface area (Å²) in [5.41, 5.74) is 4.93. The minimum Gasteiger partial charge on any atom is -0.507 e. The zero-order valence-corrected chi connectivity index (χ0v) is 15.3. The Balaban J connectivity index is 1.52. The molecule has 5 nitrogen and oxygen atoms in total. The second-order valence-corrected chi connectivity index (χ2v) is 8.11. The molecule has 28 heavy (non-hydrogen) atoms. The van der Waals surface area contributed by atoms with Crippen molar-refractivity contribution in [1.82, 2.24) is 10.3 Å². The molecule has 3 fully saturated rings. The number of hydrogen-bond donors (Lipinski definition) is 3. The van der Waals surface area contributed by atoms with Crippen molar-refractivity contribution < 1.29 is 23.1 Å². The summed E-state index contributed by atoms with van der Waals surface area (Å²) in [6, 6.07) is 5.34. The second-order valence-electron chi connectivity index (χ2n) is 8.11. The van der Waals surface area contributed by atoms with Crippen LogP contribution in [0, 0.1) is 5.41 Å². The maximum Gasteiger partial charge on any atom is 0.420 e. The van der Waals surface area contributed by atoms with Gasteiger partial charge in [-0.3, -0.25) is 9.78 Å². The van der Waals surface area contributed by atoms with E-state index in [2.05, 4.69) is 10.3 Å². The molecule has 1 aromatic carbocycles. The molecule has 1 amide bonds. The maximum atomic E-state index is 13.2. The van der Waals surface area contributed by atoms with E-state index < -0.39 is 17.5 Å². The quantitative estimate of drug-likeness (QED) is 0.740. The number of halogens is 3. The number of nitrogens with zero attached hydrogens (tertiary/aromatic N) is 1. The van der Waals surface area contributed by atoms with Crippen LogP contribution in [0.4, 0.5) is 13.2 Å². The number of phenolic OH excluding ortho intramolecular Hbond substituents is 1. The summed E-state index contributed by atoms with van der Waals surface area (Å²) >= 11 is 0. The van der Waals surface area contributed by atoms with Gasteiger partial charge in [0.2, 0.25) is 5.91 Å². The molecule has 3 aliphatic rings. The van der Waals surface area contributed by atoms with Crippen molar-refractivity contribution in [3.8, 4) is 5.75 Å². The van der Waals surface area contributed by atoms with Crippen LogP contribution in [-0.4, -0.2) is 21.5 Å². The van der Waals surface area contributed by atoms with Crippen molar-refractivity contribution in [2.75, 3.05) is 0 Å². The summed E-state index contributed by atoms with van der Waals surface area (Å²) in [6.45, 7) is 0.432. The number of pyridine rings is 1. The Bertz CT molecular complexity index is 918. The third kappa shape index (κ3) is 3.09. The van der Waals surface area contributed by atoms with Crippen molar-refractivity contribution in [1.29, 1.82) is 0 Å². The van der Waals surface area contributed by atoms with E-state index in [4.69, 9.17) is 5.73 Å². The van der Waals surface area contributed by atoms with Gasteiger partial charge in [0.05, 0.1) is 11.2 Å². The fraction of sp³-hybridized carbons (Fsp3) is 0.500. The van der Waals surface area contributed by atoms with Crippen LogP contribution in [0.3, 0.4) is 0 Å². The van der Waals surface area contributed by atoms with E-state index in [1.54, 1.807) is 6.07 Å². The number of rotatable bonds is 4. The van der Waals surface area contributed by atoms with Gasteiger partial charge in [0.25, 0.3) is 0 Å². The first-order valence-electron chi connectivity index (χ1n) is 9.38. The first-order chi connectivity index (χ1) is 13.1. The van der Waals surface area contributed by atoms with Crippen LogP contribution in [0.15, 0.2) is 24.3 Å². The Labute approximate surface area is 160 Å². The Morgan fingerprint density at radius 3 is 2.32 bits per heavy atom. The number of nitrogens with two attached hydrogens (primary N) is 1. The van der Waals surface area contributed by atoms with Crippen molar-refractivity contribution in [2.24, 2.45) is 11.1 Å². The van der Waals surface area contributed by atoms with Crippen LogP contribution in [0.2, 0.25) is 0 Å². The number of fused-ring (bicyclic) bond motifs is 4. The minimum atomic E-state index is -4.65. The molecule has 4 N–H and O–H groups in total. The normalized spacial score (nSPS) is 27.2. The van der Waals surface area contributed by atoms with E-state index in [0.29, 0.717) is 12.2 Å². The topological polar surface area (TPSA) is 88.2 Å². The molecule has 0 unspecified atom stereocenters. The third-order valence-electron chi connectivity index (χ3n) is 6.60. The van der Waals surface area contributed by atoms with Crippen LogP contribution in [0.5, 0.6) is 5.75 Å². The first kappa shape index (κ1) is 19.0. The molecule has 3 aliphatic carbocycles. The fourth-order valence-electron chi connectivity index (χ4n) is 4.73. The number of benzene rings is 1. The van der Waals surface area contributed by atoms with Gasteiger partial charge in [-0.15, -0.1) is 0 Å². The Morgan fingerprint density at radius 2 is 1.75 bits per heavy atom. The summed E-state index contributed by atoms with van der Waals surface area (Å²) in [5, 5.41) is 13.0. The molecular formula is C20H22F3N3O2. The average molecular weight is 393 g/mol. The predicted octanol–water partition coefficient (Wildman–Crippen LogP) is 3.63. The number of phenols is 1. The van der Waals surface area contributed by atoms with E-state index in [-0.39, 0.29) is 27.8 Å². The molecule has 1 aromatic heterocycles. The van der Waals surface area contributed by atoms with Crippen molar-refractivity contribution in [3.05, 3.63) is 35.5 Å². The molecule has 0 saturated heterocycles. The first-order valence-corrected chi connectivity index (χ1v) is 9.38. The van der Waals surface area contributed by atoms with Crippen LogP contribution in [0.1, 0.15) is 49.8 Å². The maximum absolute atomic E-state index is 13.2. The summed E-state index contributed by atoms with van der Waals surface area (Å²) < 4.78 is 39.7. The zero-order valence-electron chi connectivity index (χ0n) is 15.3. The molecule has 8 heteroatoms. The number of primary amides is 1. The van der Waals surface area contributed by atoms with Crippen molar-refractivity contribution in [3.63, 3.8) is 0 Å². The van der Waals surface area contributed by atoms with Gasteiger partial charge in [-0.1, -0.05) is 6.07 Å². The largest absolute Gasteiger partial charge is 0.507 e. The van der Waals surface area contributed by atoms with Crippen LogP contribution < -0.4 is 11.1 Å². The lowest BCUT2D eigenvalue weighted by Crippen LogP contribution is -2.57. The molecule has 5 rings (SSSR count). The Hall–Kier alpha value is -2.35. The molecule has 0 radical (unpaired) electrons. The zero-order chi connectivity index (χ0) is 20.2. The fourth-order valence-corrected chi connectivity index (χ4v) is 4.73. The average Bonchev–Trinajstić information content (AvgIpc) is 2.66. The van der Waals surface area contributed by atoms with E-state index in [9.17, 15) is 23.1 Å². The molecular weight excluding hydrogens is 371 g/mol. The number of aromatic nitrogens is 1. The van der Waals surface area contributed by atoms with Gasteiger partial charge in [0.15, 0.2) is 0 Å². The van der Waals surface area contributed by atoms with E-state index >= 15 is 0 Å². The highest BCUT2D eigenvalue weighted by Crippen LogP contribution is 2.52. The standard InChI is InChI=1S/C20H22F3N3O2/c21-20(22,23)16-13-2-1-12(26-14(13)3-4-15(16)27)11-25-19-8-5-18(6-9-19,7-10-19)17(24)28/h1-4,25,27H,5-11H2,(H2,24,28). The van der Waals surface area contributed by atoms with Gasteiger partial charge in [-0.2, -0.15) is 13.2 Å². The van der Waals surface area contributed by atoms with Gasteiger partial charge < -0.3 is 16.2 Å². The highest BCUT2D eigenvalue weighted by molar-refractivity contribution is 5.85. The molecule has 2 bridgehead atoms. The molecule has 3 saturated carbocycles. The van der Waals surface area contributed by atoms with E-state index in [1.807, 2.05) is 0 Å². The van der Waals surface area contributed by atoms with Crippen LogP contribution in [0.25, 0.3) is 10.9 Å². The second kappa shape index (κ2) is 6.34. The molecule has 0 atom stereocenters. The molecule has 0 spiro atoms. The highest BCUT2D eigenvalue weighted by atomic mass is 19.4. The number of alkyl halides is 3. The number of carbonyl (C=O) groups is 1. The summed E-state index contributed by atoms with van der Waals surface area (Å²) in [5.74, 6) is -1.00. The van der Waals surface area contributed by atoms with Gasteiger partial charge in [-0.25, -0.2) is 0 Å². The number of nitrogens with one attached hydrogen (secondary N) is 1. The van der Waals surface area contributed by atoms with E-state index in [0.717, 1.165) is 44.6 Å². The Morgan fingerprint density at radius 1 is 1.11 bits per heavy atom. The molecule has 0 aliphatic heterocycles. The summed E-state index contributed by atoms with van der Waals surface area (Å²) in [4.78, 5) is 16.1. The minimum absolute atomic E-state index is 0.0695. The van der Waals surface area contributed by atoms with Crippen LogP contribution >= 0.6 is 0 Å². The molecule has 2 aromatic rings. The summed E-state index contributed by atoms with van der Waals surface area (Å²) in [6.07, 6.45) is 0.236. The van der Waals surface area contributed by atoms with Gasteiger partial charge in [0, 0.05) is 22.9 Å². The van der Waals surface area contributed by atoms with Crippen LogP contribution in [-0.2, 0) is 17.5 Å². The van der Waals surface area contributed by atoms with Crippen molar-refractivity contribution in [2.45, 2.75) is 56.8 Å². The lowest BCUT2D eigenvalue weighted by Gasteiger charge is -2.52. The van der Waals surface area contributed by atoms with Gasteiger partial charge >= 0.3 is 6.18 Å². The lowest BCUT2D eigenvalue weighted by molar-refractivity contribution is -0.137. The monoisotopic (exact) mass is 393 g/mol. The summed E-state index contributed by atoms with van der Waals surface area (Å²) in [7, 11) is 0. The number of amides is 1. The molecule has 1 heterocycles. The lowest BCUT2D eigenvalue weighted by atomic mass is 9.57. The smallest absolute Gasteiger partial charge is 0.420 e. The number of hydrogen-bond acceptors (Lipinski definition) is 4. The number of aromatic hydroxyl groups is 1. The van der Waals surface area contributed by atoms with Gasteiger partial charge in [0.1, 0.15) is 11.3 Å². The third-order valence-corrected chi connectivity index (χ3v) is 6.60. The van der Waals surface area contributed by atoms with Gasteiger partial charge in [-0.05, 0) is 56.7 Å². The Kier molecular flexibility index (Phi) is 4.30. The van der Waals surface area contributed by atoms with E-state index in [1.165, 1.54) is 12.1 Å². The molecule has 150 valence electrons. The predicted molar refractivity (Wildman–Crippen MR) is 97.3 cm³/mol.